The Morgan fingerprint density at radius 3 is 2.20 bits per heavy atom. The molecule has 0 radical (unpaired) electrons. The molecule has 0 saturated carbocycles. The van der Waals surface area contributed by atoms with Crippen LogP contribution in [0.25, 0.3) is 0 Å². The van der Waals surface area contributed by atoms with Crippen LogP contribution in [0.2, 0.25) is 0 Å². The summed E-state index contributed by atoms with van der Waals surface area (Å²) >= 11 is 0. The largest absolute Gasteiger partial charge is 0.494 e. The van der Waals surface area contributed by atoms with Crippen LogP contribution in [0.4, 0.5) is 0 Å². The van der Waals surface area contributed by atoms with Crippen molar-refractivity contribution in [3.05, 3.63) is 24.3 Å². The Kier molecular flexibility index (Phi) is 8.82. The van der Waals surface area contributed by atoms with Gasteiger partial charge in [-0.2, -0.15) is 0 Å². The summed E-state index contributed by atoms with van der Waals surface area (Å²) in [7, 11) is 0. The molecule has 0 aromatic heterocycles. The number of hydrogen-bond donors (Lipinski definition) is 1. The second-order valence-electron chi connectivity index (χ2n) is 6.69. The zero-order valence-electron chi connectivity index (χ0n) is 15.3. The molecule has 3 rings (SSSR count). The van der Waals surface area contributed by atoms with E-state index in [0.717, 1.165) is 56.8 Å². The lowest BCUT2D eigenvalue weighted by molar-refractivity contribution is 0.0921. The zero-order chi connectivity index (χ0) is 16.6. The molecular weight excluding hydrogens is 338 g/mol. The van der Waals surface area contributed by atoms with E-state index >= 15 is 0 Å². The van der Waals surface area contributed by atoms with Crippen molar-refractivity contribution in [1.29, 1.82) is 0 Å². The van der Waals surface area contributed by atoms with Crippen molar-refractivity contribution < 1.29 is 9.47 Å². The molecule has 142 valence electrons. The van der Waals surface area contributed by atoms with Crippen molar-refractivity contribution in [3.63, 3.8) is 0 Å². The lowest BCUT2D eigenvalue weighted by Gasteiger charge is -2.37. The second-order valence-corrected chi connectivity index (χ2v) is 6.69. The van der Waals surface area contributed by atoms with Crippen LogP contribution < -0.4 is 14.8 Å². The predicted octanol–water partition coefficient (Wildman–Crippen LogP) is 2.26. The molecule has 2 heterocycles. The molecular formula is C19H32ClN3O2. The Balaban J connectivity index is 0.00000225. The van der Waals surface area contributed by atoms with Gasteiger partial charge in [0.25, 0.3) is 0 Å². The van der Waals surface area contributed by atoms with Crippen LogP contribution in [0.1, 0.15) is 19.8 Å². The van der Waals surface area contributed by atoms with Crippen molar-refractivity contribution in [2.45, 2.75) is 25.8 Å². The third kappa shape index (κ3) is 6.33. The number of ether oxygens (including phenoxy) is 2. The van der Waals surface area contributed by atoms with Gasteiger partial charge in [0, 0.05) is 45.3 Å². The van der Waals surface area contributed by atoms with E-state index in [4.69, 9.17) is 9.47 Å². The maximum absolute atomic E-state index is 5.87. The van der Waals surface area contributed by atoms with E-state index in [1.54, 1.807) is 0 Å². The first-order valence-electron chi connectivity index (χ1n) is 9.38. The average molecular weight is 370 g/mol. The Morgan fingerprint density at radius 1 is 1.00 bits per heavy atom. The SMILES string of the molecule is CCCOc1ccc(OCCN2CCN(C3CCNC3)CC2)cc1.Cl. The van der Waals surface area contributed by atoms with Gasteiger partial charge in [-0.1, -0.05) is 6.92 Å². The summed E-state index contributed by atoms with van der Waals surface area (Å²) < 4.78 is 11.5. The average Bonchev–Trinajstić information content (AvgIpc) is 3.16. The second kappa shape index (κ2) is 10.9. The van der Waals surface area contributed by atoms with Gasteiger partial charge < -0.3 is 14.8 Å². The van der Waals surface area contributed by atoms with E-state index in [-0.39, 0.29) is 12.4 Å². The van der Waals surface area contributed by atoms with E-state index in [0.29, 0.717) is 0 Å². The van der Waals surface area contributed by atoms with Crippen molar-refractivity contribution in [3.8, 4) is 11.5 Å². The minimum Gasteiger partial charge on any atom is -0.494 e. The number of benzene rings is 1. The first-order valence-corrected chi connectivity index (χ1v) is 9.38. The van der Waals surface area contributed by atoms with Crippen LogP contribution in [0, 0.1) is 0 Å². The van der Waals surface area contributed by atoms with Gasteiger partial charge in [-0.25, -0.2) is 0 Å². The summed E-state index contributed by atoms with van der Waals surface area (Å²) in [6.45, 7) is 11.7. The maximum atomic E-state index is 5.87. The van der Waals surface area contributed by atoms with Gasteiger partial charge in [0.1, 0.15) is 18.1 Å². The molecule has 1 unspecified atom stereocenters. The maximum Gasteiger partial charge on any atom is 0.119 e. The van der Waals surface area contributed by atoms with E-state index < -0.39 is 0 Å². The minimum atomic E-state index is 0. The molecule has 2 aliphatic rings. The van der Waals surface area contributed by atoms with Crippen molar-refractivity contribution >= 4 is 12.4 Å². The fraction of sp³-hybridized carbons (Fsp3) is 0.684. The van der Waals surface area contributed by atoms with Crippen LogP contribution in [0.5, 0.6) is 11.5 Å². The zero-order valence-corrected chi connectivity index (χ0v) is 16.1. The highest BCUT2D eigenvalue weighted by Crippen LogP contribution is 2.18. The third-order valence-electron chi connectivity index (χ3n) is 4.93. The lowest BCUT2D eigenvalue weighted by Crippen LogP contribution is -2.51. The monoisotopic (exact) mass is 369 g/mol. The summed E-state index contributed by atoms with van der Waals surface area (Å²) in [5.41, 5.74) is 0. The molecule has 0 spiro atoms. The molecule has 2 fully saturated rings. The Bertz CT molecular complexity index is 472. The Labute approximate surface area is 158 Å². The highest BCUT2D eigenvalue weighted by molar-refractivity contribution is 5.85. The molecule has 1 aromatic rings. The van der Waals surface area contributed by atoms with Crippen LogP contribution in [-0.4, -0.2) is 74.9 Å². The number of halogens is 1. The molecule has 1 atom stereocenters. The summed E-state index contributed by atoms with van der Waals surface area (Å²) in [6.07, 6.45) is 2.34. The van der Waals surface area contributed by atoms with E-state index in [1.807, 2.05) is 24.3 Å². The fourth-order valence-corrected chi connectivity index (χ4v) is 3.45. The van der Waals surface area contributed by atoms with E-state index in [2.05, 4.69) is 22.0 Å². The number of nitrogens with one attached hydrogen (secondary N) is 1. The fourth-order valence-electron chi connectivity index (χ4n) is 3.45. The molecule has 0 bridgehead atoms. The number of rotatable bonds is 8. The van der Waals surface area contributed by atoms with Crippen molar-refractivity contribution in [1.82, 2.24) is 15.1 Å². The standard InChI is InChI=1S/C19H31N3O2.ClH/c1-2-14-23-18-3-5-19(6-4-18)24-15-13-21-9-11-22(12-10-21)17-7-8-20-16-17;/h3-6,17,20H,2,7-16H2,1H3;1H. The molecule has 0 aliphatic carbocycles. The summed E-state index contributed by atoms with van der Waals surface area (Å²) in [6, 6.07) is 8.72. The van der Waals surface area contributed by atoms with Crippen LogP contribution in [-0.2, 0) is 0 Å². The van der Waals surface area contributed by atoms with Gasteiger partial charge in [0.15, 0.2) is 0 Å². The summed E-state index contributed by atoms with van der Waals surface area (Å²) in [4.78, 5) is 5.16. The van der Waals surface area contributed by atoms with Crippen molar-refractivity contribution in [2.24, 2.45) is 0 Å². The lowest BCUT2D eigenvalue weighted by atomic mass is 10.2. The molecule has 2 aliphatic heterocycles. The number of piperazine rings is 1. The predicted molar refractivity (Wildman–Crippen MR) is 104 cm³/mol. The Hall–Kier alpha value is -1.01. The first-order chi connectivity index (χ1) is 11.8. The van der Waals surface area contributed by atoms with Crippen LogP contribution in [0.3, 0.4) is 0 Å². The highest BCUT2D eigenvalue weighted by Gasteiger charge is 2.25. The van der Waals surface area contributed by atoms with Crippen LogP contribution >= 0.6 is 12.4 Å². The first kappa shape index (κ1) is 20.3. The number of hydrogen-bond acceptors (Lipinski definition) is 5. The molecule has 5 nitrogen and oxygen atoms in total. The molecule has 2 saturated heterocycles. The molecule has 0 amide bonds. The van der Waals surface area contributed by atoms with Gasteiger partial charge in [-0.3, -0.25) is 9.80 Å². The number of nitrogens with zero attached hydrogens (tertiary/aromatic N) is 2. The third-order valence-corrected chi connectivity index (χ3v) is 4.93. The topological polar surface area (TPSA) is 37.0 Å². The van der Waals surface area contributed by atoms with Gasteiger partial charge in [0.2, 0.25) is 0 Å². The van der Waals surface area contributed by atoms with Crippen molar-refractivity contribution in [2.75, 3.05) is 59.0 Å². The highest BCUT2D eigenvalue weighted by atomic mass is 35.5. The molecule has 25 heavy (non-hydrogen) atoms. The summed E-state index contributed by atoms with van der Waals surface area (Å²) in [5, 5.41) is 3.46. The smallest absolute Gasteiger partial charge is 0.119 e. The minimum absolute atomic E-state index is 0. The summed E-state index contributed by atoms with van der Waals surface area (Å²) in [5.74, 6) is 1.84. The molecule has 1 aromatic carbocycles. The molecule has 6 heteroatoms. The van der Waals surface area contributed by atoms with Crippen LogP contribution in [0.15, 0.2) is 24.3 Å². The molecule has 1 N–H and O–H groups in total. The van der Waals surface area contributed by atoms with Gasteiger partial charge >= 0.3 is 0 Å². The Morgan fingerprint density at radius 2 is 1.64 bits per heavy atom. The van der Waals surface area contributed by atoms with Gasteiger partial charge in [-0.05, 0) is 43.7 Å². The quantitative estimate of drug-likeness (QED) is 0.760. The normalized spacial score (nSPS) is 21.7. The van der Waals surface area contributed by atoms with Gasteiger partial charge in [-0.15, -0.1) is 12.4 Å². The van der Waals surface area contributed by atoms with Gasteiger partial charge in [0.05, 0.1) is 6.61 Å². The van der Waals surface area contributed by atoms with E-state index in [9.17, 15) is 0 Å². The van der Waals surface area contributed by atoms with E-state index in [1.165, 1.54) is 32.6 Å².